The molecule has 2 aromatic carbocycles. The largest absolute Gasteiger partial charge is 0.493 e. The van der Waals surface area contributed by atoms with Crippen molar-refractivity contribution in [2.45, 2.75) is 19.4 Å². The molecule has 0 aliphatic rings. The van der Waals surface area contributed by atoms with E-state index in [1.165, 1.54) is 14.2 Å². The van der Waals surface area contributed by atoms with Gasteiger partial charge in [0, 0.05) is 12.5 Å². The molecule has 0 aliphatic heterocycles. The van der Waals surface area contributed by atoms with Crippen LogP contribution in [0.2, 0.25) is 0 Å². The van der Waals surface area contributed by atoms with E-state index in [4.69, 9.17) is 18.9 Å². The number of nitrogens with one attached hydrogen (secondary N) is 1. The van der Waals surface area contributed by atoms with E-state index >= 15 is 0 Å². The molecule has 0 aliphatic carbocycles. The van der Waals surface area contributed by atoms with Crippen molar-refractivity contribution in [3.8, 4) is 11.5 Å². The first kappa shape index (κ1) is 25.1. The number of hydrogen-bond acceptors (Lipinski definition) is 9. The Morgan fingerprint density at radius 2 is 1.79 bits per heavy atom. The number of hydrogen-bond donors (Lipinski definition) is 1. The highest BCUT2D eigenvalue weighted by Gasteiger charge is 2.27. The summed E-state index contributed by atoms with van der Waals surface area (Å²) in [6, 6.07) is 10.1. The van der Waals surface area contributed by atoms with E-state index in [0.717, 1.165) is 17.7 Å². The van der Waals surface area contributed by atoms with Crippen LogP contribution in [-0.4, -0.2) is 56.2 Å². The SMILES string of the molecule is CCOc1cc([N+](=O)[O-])c(C(=O)OCC(=O)NC(Cc2ccccc2)C(=O)OC)cc1OC. The van der Waals surface area contributed by atoms with E-state index in [-0.39, 0.29) is 24.5 Å². The number of carbonyl (C=O) groups excluding carboxylic acids is 3. The van der Waals surface area contributed by atoms with Crippen LogP contribution in [-0.2, 0) is 25.5 Å². The number of carbonyl (C=O) groups is 3. The normalized spacial score (nSPS) is 11.1. The van der Waals surface area contributed by atoms with Crippen molar-refractivity contribution in [2.75, 3.05) is 27.4 Å². The molecule has 176 valence electrons. The maximum absolute atomic E-state index is 12.5. The summed E-state index contributed by atoms with van der Waals surface area (Å²) in [5.74, 6) is -2.40. The highest BCUT2D eigenvalue weighted by Crippen LogP contribution is 2.35. The highest BCUT2D eigenvalue weighted by atomic mass is 16.6. The van der Waals surface area contributed by atoms with Gasteiger partial charge in [0.2, 0.25) is 0 Å². The number of benzene rings is 2. The average molecular weight is 460 g/mol. The number of rotatable bonds is 11. The van der Waals surface area contributed by atoms with Crippen LogP contribution in [0.25, 0.3) is 0 Å². The van der Waals surface area contributed by atoms with E-state index in [1.54, 1.807) is 31.2 Å². The predicted molar refractivity (Wildman–Crippen MR) is 115 cm³/mol. The average Bonchev–Trinajstić information content (AvgIpc) is 2.82. The third-order valence-corrected chi connectivity index (χ3v) is 4.44. The maximum Gasteiger partial charge on any atom is 0.345 e. The molecule has 1 N–H and O–H groups in total. The van der Waals surface area contributed by atoms with E-state index in [1.807, 2.05) is 6.07 Å². The molecule has 11 nitrogen and oxygen atoms in total. The van der Waals surface area contributed by atoms with Gasteiger partial charge in [-0.15, -0.1) is 0 Å². The lowest BCUT2D eigenvalue weighted by molar-refractivity contribution is -0.385. The second kappa shape index (κ2) is 12.0. The fourth-order valence-electron chi connectivity index (χ4n) is 2.92. The third kappa shape index (κ3) is 6.92. The monoisotopic (exact) mass is 460 g/mol. The van der Waals surface area contributed by atoms with Crippen molar-refractivity contribution in [1.29, 1.82) is 0 Å². The molecular weight excluding hydrogens is 436 g/mol. The second-order valence-electron chi connectivity index (χ2n) is 6.62. The van der Waals surface area contributed by atoms with Crippen LogP contribution >= 0.6 is 0 Å². The minimum Gasteiger partial charge on any atom is -0.493 e. The summed E-state index contributed by atoms with van der Waals surface area (Å²) in [5, 5.41) is 13.9. The van der Waals surface area contributed by atoms with E-state index in [0.29, 0.717) is 0 Å². The van der Waals surface area contributed by atoms with Crippen molar-refractivity contribution in [2.24, 2.45) is 0 Å². The second-order valence-corrected chi connectivity index (χ2v) is 6.62. The number of methoxy groups -OCH3 is 2. The zero-order valence-electron chi connectivity index (χ0n) is 18.4. The fraction of sp³-hybridized carbons (Fsp3) is 0.318. The van der Waals surface area contributed by atoms with Crippen LogP contribution in [0, 0.1) is 10.1 Å². The number of nitro benzene ring substituents is 1. The summed E-state index contributed by atoms with van der Waals surface area (Å²) < 4.78 is 20.1. The molecule has 1 atom stereocenters. The first-order valence-electron chi connectivity index (χ1n) is 9.88. The lowest BCUT2D eigenvalue weighted by Crippen LogP contribution is -2.44. The molecule has 0 fully saturated rings. The number of nitrogens with zero attached hydrogens (tertiary/aromatic N) is 1. The molecule has 0 saturated carbocycles. The summed E-state index contributed by atoms with van der Waals surface area (Å²) in [5.41, 5.74) is -0.203. The van der Waals surface area contributed by atoms with Crippen molar-refractivity contribution >= 4 is 23.5 Å². The molecule has 0 radical (unpaired) electrons. The van der Waals surface area contributed by atoms with Crippen molar-refractivity contribution in [1.82, 2.24) is 5.32 Å². The topological polar surface area (TPSA) is 143 Å². The molecule has 0 bridgehead atoms. The van der Waals surface area contributed by atoms with E-state index < -0.39 is 46.7 Å². The predicted octanol–water partition coefficient (Wildman–Crippen LogP) is 2.06. The Bertz CT molecular complexity index is 1010. The van der Waals surface area contributed by atoms with Gasteiger partial charge in [-0.3, -0.25) is 14.9 Å². The molecule has 1 amide bonds. The van der Waals surface area contributed by atoms with E-state index in [2.05, 4.69) is 5.32 Å². The van der Waals surface area contributed by atoms with Crippen molar-refractivity contribution < 1.29 is 38.3 Å². The van der Waals surface area contributed by atoms with Gasteiger partial charge >= 0.3 is 11.9 Å². The first-order chi connectivity index (χ1) is 15.8. The van der Waals surface area contributed by atoms with Gasteiger partial charge in [0.1, 0.15) is 11.6 Å². The smallest absolute Gasteiger partial charge is 0.345 e. The van der Waals surface area contributed by atoms with Gasteiger partial charge in [-0.25, -0.2) is 9.59 Å². The quantitative estimate of drug-likeness (QED) is 0.303. The Morgan fingerprint density at radius 3 is 2.36 bits per heavy atom. The van der Waals surface area contributed by atoms with E-state index in [9.17, 15) is 24.5 Å². The zero-order valence-corrected chi connectivity index (χ0v) is 18.4. The number of amides is 1. The summed E-state index contributed by atoms with van der Waals surface area (Å²) in [6.45, 7) is 1.14. The molecule has 0 heterocycles. The van der Waals surface area contributed by atoms with Gasteiger partial charge in [0.25, 0.3) is 11.6 Å². The summed E-state index contributed by atoms with van der Waals surface area (Å²) in [7, 11) is 2.50. The Hall–Kier alpha value is -4.15. The van der Waals surface area contributed by atoms with Gasteiger partial charge < -0.3 is 24.3 Å². The number of esters is 2. The third-order valence-electron chi connectivity index (χ3n) is 4.44. The Labute approximate surface area is 189 Å². The minimum absolute atomic E-state index is 0.0859. The zero-order chi connectivity index (χ0) is 24.4. The van der Waals surface area contributed by atoms with Crippen LogP contribution in [0.5, 0.6) is 11.5 Å². The lowest BCUT2D eigenvalue weighted by Gasteiger charge is -2.17. The van der Waals surface area contributed by atoms with Crippen LogP contribution in [0.4, 0.5) is 5.69 Å². The van der Waals surface area contributed by atoms with Gasteiger partial charge in [-0.05, 0) is 12.5 Å². The Kier molecular flexibility index (Phi) is 9.16. The highest BCUT2D eigenvalue weighted by molar-refractivity contribution is 5.96. The number of nitro groups is 1. The van der Waals surface area contributed by atoms with Crippen LogP contribution < -0.4 is 14.8 Å². The molecule has 0 spiro atoms. The van der Waals surface area contributed by atoms with Crippen LogP contribution in [0.15, 0.2) is 42.5 Å². The van der Waals surface area contributed by atoms with Gasteiger partial charge in [0.05, 0.1) is 31.8 Å². The summed E-state index contributed by atoms with van der Waals surface area (Å²) >= 11 is 0. The Balaban J connectivity index is 2.11. The molecular formula is C22H24N2O9. The fourth-order valence-corrected chi connectivity index (χ4v) is 2.92. The summed E-state index contributed by atoms with van der Waals surface area (Å²) in [4.78, 5) is 47.5. The van der Waals surface area contributed by atoms with Gasteiger partial charge in [-0.1, -0.05) is 30.3 Å². The van der Waals surface area contributed by atoms with Gasteiger partial charge in [0.15, 0.2) is 18.1 Å². The molecule has 0 saturated heterocycles. The molecule has 0 aromatic heterocycles. The number of ether oxygens (including phenoxy) is 4. The molecule has 2 aromatic rings. The first-order valence-corrected chi connectivity index (χ1v) is 9.88. The molecule has 33 heavy (non-hydrogen) atoms. The standard InChI is InChI=1S/C22H24N2O9/c1-4-32-19-12-17(24(28)29)15(11-18(19)30-2)21(26)33-13-20(25)23-16(22(27)31-3)10-14-8-6-5-7-9-14/h5-9,11-12,16H,4,10,13H2,1-3H3,(H,23,25). The lowest BCUT2D eigenvalue weighted by atomic mass is 10.1. The Morgan fingerprint density at radius 1 is 1.09 bits per heavy atom. The van der Waals surface area contributed by atoms with Crippen molar-refractivity contribution in [3.05, 3.63) is 63.7 Å². The van der Waals surface area contributed by atoms with Crippen LogP contribution in [0.3, 0.4) is 0 Å². The molecule has 2 rings (SSSR count). The maximum atomic E-state index is 12.5. The van der Waals surface area contributed by atoms with Gasteiger partial charge in [-0.2, -0.15) is 0 Å². The summed E-state index contributed by atoms with van der Waals surface area (Å²) in [6.07, 6.45) is 0.161. The minimum atomic E-state index is -1.11. The molecule has 11 heteroatoms. The molecule has 1 unspecified atom stereocenters. The van der Waals surface area contributed by atoms with Crippen LogP contribution in [0.1, 0.15) is 22.8 Å². The van der Waals surface area contributed by atoms with Crippen molar-refractivity contribution in [3.63, 3.8) is 0 Å².